The minimum absolute atomic E-state index is 0.0678. The van der Waals surface area contributed by atoms with Gasteiger partial charge in [0.25, 0.3) is 0 Å². The summed E-state index contributed by atoms with van der Waals surface area (Å²) in [5, 5.41) is 10.5. The quantitative estimate of drug-likeness (QED) is 0.947. The summed E-state index contributed by atoms with van der Waals surface area (Å²) in [6, 6.07) is 14.4. The van der Waals surface area contributed by atoms with Crippen LogP contribution in [0.2, 0.25) is 5.02 Å². The Morgan fingerprint density at radius 1 is 1.14 bits per heavy atom. The third-order valence-electron chi connectivity index (χ3n) is 3.88. The number of benzene rings is 2. The minimum Gasteiger partial charge on any atom is -0.492 e. The minimum atomic E-state index is -0.928. The topological polar surface area (TPSA) is 46.5 Å². The lowest BCUT2D eigenvalue weighted by Crippen LogP contribution is -2.45. The van der Waals surface area contributed by atoms with Crippen LogP contribution in [0.1, 0.15) is 15.9 Å². The van der Waals surface area contributed by atoms with Crippen LogP contribution in [0.25, 0.3) is 0 Å². The molecule has 1 N–H and O–H groups in total. The van der Waals surface area contributed by atoms with Gasteiger partial charge in [-0.15, -0.1) is 0 Å². The van der Waals surface area contributed by atoms with Crippen LogP contribution in [0.4, 0.5) is 0 Å². The van der Waals surface area contributed by atoms with Gasteiger partial charge in [0.05, 0.1) is 17.6 Å². The molecule has 0 fully saturated rings. The molecule has 0 aliphatic carbocycles. The number of hydrogen-bond donors (Lipinski definition) is 1. The van der Waals surface area contributed by atoms with Crippen LogP contribution in [-0.4, -0.2) is 24.1 Å². The van der Waals surface area contributed by atoms with Crippen molar-refractivity contribution >= 4 is 17.4 Å². The van der Waals surface area contributed by atoms with E-state index in [1.807, 2.05) is 18.2 Å². The number of ketones is 1. The number of carbonyl (C=O) groups excluding carboxylic acids is 1. The smallest absolute Gasteiger partial charge is 0.178 e. The zero-order valence-electron chi connectivity index (χ0n) is 11.4. The number of fused-ring (bicyclic) bond motifs is 1. The zero-order chi connectivity index (χ0) is 14.9. The molecule has 0 amide bonds. The average Bonchev–Trinajstić information content (AvgIpc) is 2.53. The van der Waals surface area contributed by atoms with Crippen molar-refractivity contribution in [2.45, 2.75) is 6.42 Å². The van der Waals surface area contributed by atoms with Gasteiger partial charge in [0.15, 0.2) is 5.78 Å². The fourth-order valence-electron chi connectivity index (χ4n) is 2.64. The molecule has 3 rings (SSSR count). The molecule has 21 heavy (non-hydrogen) atoms. The van der Waals surface area contributed by atoms with E-state index in [1.54, 1.807) is 30.3 Å². The molecule has 2 aromatic rings. The highest BCUT2D eigenvalue weighted by atomic mass is 35.5. The average molecular weight is 303 g/mol. The number of aliphatic hydroxyl groups excluding tert-OH is 1. The molecule has 4 heteroatoms. The maximum Gasteiger partial charge on any atom is 0.178 e. The summed E-state index contributed by atoms with van der Waals surface area (Å²) in [5.41, 5.74) is 0.555. The first kappa shape index (κ1) is 14.1. The summed E-state index contributed by atoms with van der Waals surface area (Å²) in [6.45, 7) is -0.0647. The van der Waals surface area contributed by atoms with Gasteiger partial charge in [0, 0.05) is 5.02 Å². The third kappa shape index (κ3) is 2.55. The van der Waals surface area contributed by atoms with Crippen molar-refractivity contribution in [2.24, 2.45) is 5.41 Å². The highest BCUT2D eigenvalue weighted by Gasteiger charge is 2.43. The summed E-state index contributed by atoms with van der Waals surface area (Å²) >= 11 is 5.88. The molecule has 0 radical (unpaired) electrons. The van der Waals surface area contributed by atoms with E-state index in [2.05, 4.69) is 0 Å². The lowest BCUT2D eigenvalue weighted by Gasteiger charge is -2.35. The Hall–Kier alpha value is -1.84. The molecule has 1 unspecified atom stereocenters. The SMILES string of the molecule is O=C1c2ccccc2OCC1(CO)Cc1ccc(Cl)cc1. The van der Waals surface area contributed by atoms with E-state index >= 15 is 0 Å². The van der Waals surface area contributed by atoms with E-state index in [1.165, 1.54) is 0 Å². The van der Waals surface area contributed by atoms with E-state index in [0.29, 0.717) is 22.8 Å². The molecule has 108 valence electrons. The first-order chi connectivity index (χ1) is 10.1. The Kier molecular flexibility index (Phi) is 3.70. The molecule has 0 aromatic heterocycles. The predicted octanol–water partition coefficient (Wildman–Crippen LogP) is 3.14. The van der Waals surface area contributed by atoms with Crippen molar-refractivity contribution in [3.63, 3.8) is 0 Å². The molecular weight excluding hydrogens is 288 g/mol. The van der Waals surface area contributed by atoms with E-state index in [4.69, 9.17) is 16.3 Å². The normalized spacial score (nSPS) is 20.8. The molecule has 1 heterocycles. The first-order valence-electron chi connectivity index (χ1n) is 6.77. The summed E-state index contributed by atoms with van der Waals surface area (Å²) in [6.07, 6.45) is 0.424. The van der Waals surface area contributed by atoms with Gasteiger partial charge in [-0.1, -0.05) is 35.9 Å². The van der Waals surface area contributed by atoms with Crippen molar-refractivity contribution in [1.82, 2.24) is 0 Å². The monoisotopic (exact) mass is 302 g/mol. The van der Waals surface area contributed by atoms with Crippen LogP contribution >= 0.6 is 11.6 Å². The fraction of sp³-hybridized carbons (Fsp3) is 0.235. The van der Waals surface area contributed by atoms with Crippen molar-refractivity contribution in [3.05, 3.63) is 64.7 Å². The zero-order valence-corrected chi connectivity index (χ0v) is 12.1. The molecule has 1 aliphatic rings. The number of aliphatic hydroxyl groups is 1. The Morgan fingerprint density at radius 3 is 2.57 bits per heavy atom. The van der Waals surface area contributed by atoms with E-state index < -0.39 is 5.41 Å². The lowest BCUT2D eigenvalue weighted by atomic mass is 9.75. The number of rotatable bonds is 3. The highest BCUT2D eigenvalue weighted by molar-refractivity contribution is 6.30. The highest BCUT2D eigenvalue weighted by Crippen LogP contribution is 2.36. The van der Waals surface area contributed by atoms with E-state index in [-0.39, 0.29) is 19.0 Å². The van der Waals surface area contributed by atoms with Gasteiger partial charge < -0.3 is 9.84 Å². The molecule has 0 bridgehead atoms. The van der Waals surface area contributed by atoms with Gasteiger partial charge in [0.2, 0.25) is 0 Å². The molecular formula is C17H15ClO3. The van der Waals surface area contributed by atoms with Crippen molar-refractivity contribution in [2.75, 3.05) is 13.2 Å². The van der Waals surface area contributed by atoms with Gasteiger partial charge in [-0.2, -0.15) is 0 Å². The van der Waals surface area contributed by atoms with Crippen molar-refractivity contribution in [1.29, 1.82) is 0 Å². The second kappa shape index (κ2) is 5.51. The number of carbonyl (C=O) groups is 1. The molecule has 1 aliphatic heterocycles. The van der Waals surface area contributed by atoms with E-state index in [9.17, 15) is 9.90 Å². The molecule has 0 saturated carbocycles. The summed E-state index contributed by atoms with van der Waals surface area (Å²) in [4.78, 5) is 12.8. The van der Waals surface area contributed by atoms with Gasteiger partial charge in [-0.3, -0.25) is 4.79 Å². The second-order valence-corrected chi connectivity index (χ2v) is 5.79. The molecule has 1 atom stereocenters. The van der Waals surface area contributed by atoms with E-state index in [0.717, 1.165) is 5.56 Å². The Balaban J connectivity index is 1.94. The predicted molar refractivity (Wildman–Crippen MR) is 80.9 cm³/mol. The molecule has 3 nitrogen and oxygen atoms in total. The Labute approximate surface area is 128 Å². The van der Waals surface area contributed by atoms with Crippen LogP contribution in [0.5, 0.6) is 5.75 Å². The van der Waals surface area contributed by atoms with Crippen LogP contribution in [0, 0.1) is 5.41 Å². The molecule has 0 saturated heterocycles. The largest absolute Gasteiger partial charge is 0.492 e. The van der Waals surface area contributed by atoms with Gasteiger partial charge in [0.1, 0.15) is 12.4 Å². The van der Waals surface area contributed by atoms with Crippen molar-refractivity contribution in [3.8, 4) is 5.75 Å². The Morgan fingerprint density at radius 2 is 1.86 bits per heavy atom. The summed E-state index contributed by atoms with van der Waals surface area (Å²) in [5.74, 6) is 0.518. The van der Waals surface area contributed by atoms with Crippen LogP contribution in [0.15, 0.2) is 48.5 Å². The Bertz CT molecular complexity index is 666. The number of Topliss-reactive ketones (excluding diaryl/α,β-unsaturated/α-hetero) is 1. The van der Waals surface area contributed by atoms with Crippen LogP contribution < -0.4 is 4.74 Å². The van der Waals surface area contributed by atoms with Crippen LogP contribution in [0.3, 0.4) is 0 Å². The third-order valence-corrected chi connectivity index (χ3v) is 4.13. The first-order valence-corrected chi connectivity index (χ1v) is 7.14. The second-order valence-electron chi connectivity index (χ2n) is 5.36. The van der Waals surface area contributed by atoms with Gasteiger partial charge in [-0.05, 0) is 36.2 Å². The number of hydrogen-bond acceptors (Lipinski definition) is 3. The number of halogens is 1. The maximum absolute atomic E-state index is 12.8. The van der Waals surface area contributed by atoms with Gasteiger partial charge in [-0.25, -0.2) is 0 Å². The summed E-state index contributed by atoms with van der Waals surface area (Å²) < 4.78 is 5.69. The van der Waals surface area contributed by atoms with Crippen LogP contribution in [-0.2, 0) is 6.42 Å². The standard InChI is InChI=1S/C17H15ClO3/c18-13-7-5-12(6-8-13)9-17(10-19)11-21-15-4-2-1-3-14(15)16(17)20/h1-8,19H,9-11H2. The molecule has 0 spiro atoms. The van der Waals surface area contributed by atoms with Gasteiger partial charge >= 0.3 is 0 Å². The summed E-state index contributed by atoms with van der Waals surface area (Å²) in [7, 11) is 0. The lowest BCUT2D eigenvalue weighted by molar-refractivity contribution is 0.0383. The fourth-order valence-corrected chi connectivity index (χ4v) is 2.77. The maximum atomic E-state index is 12.8. The molecule has 2 aromatic carbocycles. The number of ether oxygens (including phenoxy) is 1. The van der Waals surface area contributed by atoms with Crippen molar-refractivity contribution < 1.29 is 14.6 Å². The number of para-hydroxylation sites is 1.